The summed E-state index contributed by atoms with van der Waals surface area (Å²) >= 11 is 9.12. The van der Waals surface area contributed by atoms with E-state index in [1.165, 1.54) is 0 Å². The Morgan fingerprint density at radius 1 is 0.929 bits per heavy atom. The molecule has 8 heteroatoms. The second-order valence-corrected chi connectivity index (χ2v) is 9.51. The van der Waals surface area contributed by atoms with Crippen LogP contribution in [0.2, 0.25) is 5.02 Å². The van der Waals surface area contributed by atoms with Crippen molar-refractivity contribution in [3.63, 3.8) is 0 Å². The lowest BCUT2D eigenvalue weighted by atomic mass is 10.1. The first-order valence-corrected chi connectivity index (χ1v) is 11.8. The molecular formula is C20H24BrClN2O3S. The number of hydrogen-bond donors (Lipinski definition) is 2. The van der Waals surface area contributed by atoms with E-state index in [2.05, 4.69) is 26.0 Å². The van der Waals surface area contributed by atoms with Crippen LogP contribution in [0.3, 0.4) is 0 Å². The number of hydrogen-bond acceptors (Lipinski definition) is 3. The van der Waals surface area contributed by atoms with Gasteiger partial charge in [-0.3, -0.25) is 4.79 Å². The number of unbranched alkanes of at least 4 members (excludes halogenated alkanes) is 2. The van der Waals surface area contributed by atoms with E-state index in [0.29, 0.717) is 31.0 Å². The van der Waals surface area contributed by atoms with Crippen molar-refractivity contribution in [1.29, 1.82) is 0 Å². The van der Waals surface area contributed by atoms with Gasteiger partial charge in [0.25, 0.3) is 0 Å². The average molecular weight is 488 g/mol. The van der Waals surface area contributed by atoms with Gasteiger partial charge in [0.15, 0.2) is 0 Å². The highest BCUT2D eigenvalue weighted by atomic mass is 79.9. The molecule has 0 aromatic heterocycles. The Hall–Kier alpha value is -1.41. The Bertz CT molecular complexity index is 856. The summed E-state index contributed by atoms with van der Waals surface area (Å²) in [6, 6.07) is 14.1. The van der Waals surface area contributed by atoms with Crippen molar-refractivity contribution < 1.29 is 13.2 Å². The van der Waals surface area contributed by atoms with Gasteiger partial charge >= 0.3 is 0 Å². The number of rotatable bonds is 11. The molecule has 0 bridgehead atoms. The van der Waals surface area contributed by atoms with Crippen LogP contribution in [0.4, 0.5) is 0 Å². The number of nitrogens with one attached hydrogen (secondary N) is 2. The van der Waals surface area contributed by atoms with Gasteiger partial charge in [0.05, 0.1) is 4.90 Å². The van der Waals surface area contributed by atoms with Gasteiger partial charge in [-0.05, 0) is 61.2 Å². The maximum absolute atomic E-state index is 12.1. The second kappa shape index (κ2) is 11.6. The lowest BCUT2D eigenvalue weighted by Gasteiger charge is -2.07. The number of halogens is 2. The molecule has 0 aliphatic carbocycles. The molecule has 2 aromatic carbocycles. The summed E-state index contributed by atoms with van der Waals surface area (Å²) in [6.07, 6.45) is 3.41. The molecule has 2 N–H and O–H groups in total. The van der Waals surface area contributed by atoms with E-state index in [9.17, 15) is 13.2 Å². The number of amides is 1. The minimum Gasteiger partial charge on any atom is -0.356 e. The fraction of sp³-hybridized carbons (Fsp3) is 0.350. The fourth-order valence-electron chi connectivity index (χ4n) is 2.58. The SMILES string of the molecule is O=C(CCCCCNS(=O)(=O)c1ccc(Br)cc1)NCCc1ccc(Cl)cc1. The standard InChI is InChI=1S/C20H24BrClN2O3S/c21-17-7-11-19(12-8-17)28(26,27)24-14-3-1-2-4-20(25)23-15-13-16-5-9-18(22)10-6-16/h5-12,24H,1-4,13-15H2,(H,23,25). The first-order valence-electron chi connectivity index (χ1n) is 9.13. The molecule has 0 radical (unpaired) electrons. The highest BCUT2D eigenvalue weighted by molar-refractivity contribution is 9.10. The van der Waals surface area contributed by atoms with E-state index in [1.807, 2.05) is 24.3 Å². The highest BCUT2D eigenvalue weighted by Crippen LogP contribution is 2.14. The van der Waals surface area contributed by atoms with Crippen molar-refractivity contribution in [2.75, 3.05) is 13.1 Å². The molecule has 152 valence electrons. The first kappa shape index (κ1) is 22.9. The molecule has 0 fully saturated rings. The van der Waals surface area contributed by atoms with Crippen LogP contribution in [0.25, 0.3) is 0 Å². The Kier molecular flexibility index (Phi) is 9.44. The topological polar surface area (TPSA) is 75.3 Å². The van der Waals surface area contributed by atoms with Crippen LogP contribution in [0, 0.1) is 0 Å². The zero-order valence-corrected chi connectivity index (χ0v) is 18.6. The summed E-state index contributed by atoms with van der Waals surface area (Å²) in [5, 5.41) is 3.60. The molecule has 0 heterocycles. The maximum Gasteiger partial charge on any atom is 0.240 e. The van der Waals surface area contributed by atoms with E-state index in [1.54, 1.807) is 24.3 Å². The largest absolute Gasteiger partial charge is 0.356 e. The van der Waals surface area contributed by atoms with E-state index in [-0.39, 0.29) is 10.8 Å². The summed E-state index contributed by atoms with van der Waals surface area (Å²) in [4.78, 5) is 12.1. The summed E-state index contributed by atoms with van der Waals surface area (Å²) in [7, 11) is -3.48. The zero-order valence-electron chi connectivity index (χ0n) is 15.5. The predicted molar refractivity (Wildman–Crippen MR) is 116 cm³/mol. The molecule has 0 saturated heterocycles. The summed E-state index contributed by atoms with van der Waals surface area (Å²) in [5.74, 6) is 0.0180. The molecule has 0 aliphatic rings. The molecule has 1 amide bonds. The van der Waals surface area contributed by atoms with Crippen LogP contribution in [-0.2, 0) is 21.2 Å². The van der Waals surface area contributed by atoms with Crippen molar-refractivity contribution in [3.05, 3.63) is 63.6 Å². The van der Waals surface area contributed by atoms with E-state index in [4.69, 9.17) is 11.6 Å². The highest BCUT2D eigenvalue weighted by Gasteiger charge is 2.12. The van der Waals surface area contributed by atoms with Gasteiger partial charge in [-0.25, -0.2) is 13.1 Å². The molecule has 0 unspecified atom stereocenters. The minimum atomic E-state index is -3.48. The fourth-order valence-corrected chi connectivity index (χ4v) is 4.04. The predicted octanol–water partition coefficient (Wildman–Crippen LogP) is 4.30. The Labute approximate surface area is 180 Å². The zero-order chi connectivity index (χ0) is 20.4. The van der Waals surface area contributed by atoms with Gasteiger partial charge in [0.1, 0.15) is 0 Å². The van der Waals surface area contributed by atoms with E-state index in [0.717, 1.165) is 29.3 Å². The van der Waals surface area contributed by atoms with Gasteiger partial charge < -0.3 is 5.32 Å². The van der Waals surface area contributed by atoms with Gasteiger partial charge in [0.2, 0.25) is 15.9 Å². The van der Waals surface area contributed by atoms with Crippen LogP contribution in [0.5, 0.6) is 0 Å². The summed E-state index contributed by atoms with van der Waals surface area (Å²) in [6.45, 7) is 0.948. The second-order valence-electron chi connectivity index (χ2n) is 6.39. The molecule has 5 nitrogen and oxygen atoms in total. The Morgan fingerprint density at radius 3 is 2.29 bits per heavy atom. The first-order chi connectivity index (χ1) is 13.4. The number of carbonyl (C=O) groups excluding carboxylic acids is 1. The Balaban J connectivity index is 1.55. The number of carbonyl (C=O) groups is 1. The van der Waals surface area contributed by atoms with Crippen LogP contribution in [0.15, 0.2) is 57.9 Å². The van der Waals surface area contributed by atoms with E-state index < -0.39 is 10.0 Å². The molecule has 0 atom stereocenters. The monoisotopic (exact) mass is 486 g/mol. The molecule has 0 spiro atoms. The van der Waals surface area contributed by atoms with Gasteiger partial charge in [-0.2, -0.15) is 0 Å². The van der Waals surface area contributed by atoms with Gasteiger partial charge in [-0.15, -0.1) is 0 Å². The molecule has 0 aliphatic heterocycles. The lowest BCUT2D eigenvalue weighted by Crippen LogP contribution is -2.26. The van der Waals surface area contributed by atoms with Crippen molar-refractivity contribution in [2.24, 2.45) is 0 Å². The number of benzene rings is 2. The minimum absolute atomic E-state index is 0.0180. The third kappa shape index (κ3) is 8.31. The van der Waals surface area contributed by atoms with E-state index >= 15 is 0 Å². The molecule has 28 heavy (non-hydrogen) atoms. The average Bonchev–Trinajstić information content (AvgIpc) is 2.66. The van der Waals surface area contributed by atoms with Crippen LogP contribution < -0.4 is 10.0 Å². The molecular weight excluding hydrogens is 464 g/mol. The van der Waals surface area contributed by atoms with Crippen molar-refractivity contribution in [2.45, 2.75) is 37.0 Å². The van der Waals surface area contributed by atoms with Crippen molar-refractivity contribution in [3.8, 4) is 0 Å². The Morgan fingerprint density at radius 2 is 1.61 bits per heavy atom. The summed E-state index contributed by atoms with van der Waals surface area (Å²) < 4.78 is 27.7. The van der Waals surface area contributed by atoms with Crippen LogP contribution >= 0.6 is 27.5 Å². The van der Waals surface area contributed by atoms with Crippen molar-refractivity contribution >= 4 is 43.5 Å². The number of sulfonamides is 1. The van der Waals surface area contributed by atoms with Gasteiger partial charge in [0, 0.05) is 29.0 Å². The third-order valence-electron chi connectivity index (χ3n) is 4.15. The molecule has 2 aromatic rings. The normalized spacial score (nSPS) is 11.4. The van der Waals surface area contributed by atoms with Crippen molar-refractivity contribution in [1.82, 2.24) is 10.0 Å². The molecule has 2 rings (SSSR count). The third-order valence-corrected chi connectivity index (χ3v) is 6.40. The van der Waals surface area contributed by atoms with Crippen LogP contribution in [0.1, 0.15) is 31.2 Å². The van der Waals surface area contributed by atoms with Gasteiger partial charge in [-0.1, -0.05) is 46.1 Å². The lowest BCUT2D eigenvalue weighted by molar-refractivity contribution is -0.121. The molecule has 0 saturated carbocycles. The summed E-state index contributed by atoms with van der Waals surface area (Å²) in [5.41, 5.74) is 1.13. The maximum atomic E-state index is 12.1. The van der Waals surface area contributed by atoms with Crippen LogP contribution in [-0.4, -0.2) is 27.4 Å². The quantitative estimate of drug-likeness (QED) is 0.464. The smallest absolute Gasteiger partial charge is 0.240 e.